The normalized spacial score (nSPS) is 20.1. The van der Waals surface area contributed by atoms with Crippen molar-refractivity contribution in [1.29, 1.82) is 0 Å². The molecule has 0 amide bonds. The third kappa shape index (κ3) is 7.18. The number of guanidine groups is 1. The Balaban J connectivity index is 0.00000320. The molecule has 6 nitrogen and oxygen atoms in total. The maximum Gasteiger partial charge on any atom is 0.191 e. The number of benzene rings is 1. The highest BCUT2D eigenvalue weighted by atomic mass is 127. The number of hydrogen-bond acceptors (Lipinski definition) is 4. The predicted molar refractivity (Wildman–Crippen MR) is 134 cm³/mol. The van der Waals surface area contributed by atoms with Crippen LogP contribution in [-0.2, 0) is 6.54 Å². The molecule has 1 saturated heterocycles. The van der Waals surface area contributed by atoms with E-state index in [0.29, 0.717) is 18.6 Å². The molecule has 2 fully saturated rings. The summed E-state index contributed by atoms with van der Waals surface area (Å²) in [5, 5.41) is 6.96. The molecule has 30 heavy (non-hydrogen) atoms. The quantitative estimate of drug-likeness (QED) is 0.287. The van der Waals surface area contributed by atoms with E-state index < -0.39 is 0 Å². The Kier molecular flexibility index (Phi) is 11.1. The summed E-state index contributed by atoms with van der Waals surface area (Å²) < 4.78 is 11.9. The van der Waals surface area contributed by atoms with Gasteiger partial charge in [-0.1, -0.05) is 19.1 Å². The molecule has 170 valence electrons. The number of hydrogen-bond donors (Lipinski definition) is 2. The number of nitrogens with zero attached hydrogens (tertiary/aromatic N) is 2. The first-order valence-corrected chi connectivity index (χ1v) is 11.2. The maximum absolute atomic E-state index is 6.34. The van der Waals surface area contributed by atoms with Crippen LogP contribution in [0.3, 0.4) is 0 Å². The van der Waals surface area contributed by atoms with Crippen LogP contribution < -0.4 is 20.1 Å². The van der Waals surface area contributed by atoms with Gasteiger partial charge in [0, 0.05) is 32.2 Å². The fourth-order valence-corrected chi connectivity index (χ4v) is 4.41. The zero-order chi connectivity index (χ0) is 20.5. The average Bonchev–Trinajstić information content (AvgIpc) is 3.41. The number of rotatable bonds is 9. The van der Waals surface area contributed by atoms with Gasteiger partial charge in [0.25, 0.3) is 0 Å². The van der Waals surface area contributed by atoms with E-state index in [-0.39, 0.29) is 24.0 Å². The van der Waals surface area contributed by atoms with Gasteiger partial charge in [0.1, 0.15) is 0 Å². The molecule has 1 heterocycles. The Labute approximate surface area is 199 Å². The Morgan fingerprint density at radius 2 is 2.00 bits per heavy atom. The van der Waals surface area contributed by atoms with Crippen molar-refractivity contribution in [3.8, 4) is 11.5 Å². The van der Waals surface area contributed by atoms with E-state index in [1.807, 2.05) is 19.2 Å². The van der Waals surface area contributed by atoms with Crippen molar-refractivity contribution in [3.63, 3.8) is 0 Å². The van der Waals surface area contributed by atoms with Gasteiger partial charge in [0.05, 0.1) is 13.2 Å². The Hall–Kier alpha value is -1.22. The van der Waals surface area contributed by atoms with Gasteiger partial charge in [0.2, 0.25) is 0 Å². The molecule has 1 atom stereocenters. The maximum atomic E-state index is 6.34. The van der Waals surface area contributed by atoms with Crippen LogP contribution in [0.2, 0.25) is 0 Å². The predicted octanol–water partition coefficient (Wildman–Crippen LogP) is 4.03. The van der Waals surface area contributed by atoms with Gasteiger partial charge >= 0.3 is 0 Å². The van der Waals surface area contributed by atoms with Crippen LogP contribution in [0.1, 0.15) is 51.0 Å². The van der Waals surface area contributed by atoms with E-state index in [2.05, 4.69) is 33.5 Å². The first-order chi connectivity index (χ1) is 14.2. The summed E-state index contributed by atoms with van der Waals surface area (Å²) >= 11 is 0. The van der Waals surface area contributed by atoms with Crippen molar-refractivity contribution in [2.75, 3.05) is 40.3 Å². The lowest BCUT2D eigenvalue weighted by Crippen LogP contribution is -2.40. The van der Waals surface area contributed by atoms with Gasteiger partial charge in [-0.15, -0.1) is 24.0 Å². The minimum atomic E-state index is 0. The molecule has 1 aliphatic carbocycles. The number of ether oxygens (including phenoxy) is 2. The van der Waals surface area contributed by atoms with Crippen LogP contribution in [0.25, 0.3) is 0 Å². The van der Waals surface area contributed by atoms with Gasteiger partial charge in [-0.2, -0.15) is 0 Å². The lowest BCUT2D eigenvalue weighted by Gasteiger charge is -2.20. The third-order valence-corrected chi connectivity index (χ3v) is 6.00. The number of nitrogens with one attached hydrogen (secondary N) is 2. The first-order valence-electron chi connectivity index (χ1n) is 11.2. The Morgan fingerprint density at radius 1 is 1.20 bits per heavy atom. The minimum absolute atomic E-state index is 0. The van der Waals surface area contributed by atoms with Crippen LogP contribution >= 0.6 is 24.0 Å². The van der Waals surface area contributed by atoms with Crippen molar-refractivity contribution in [1.82, 2.24) is 15.5 Å². The van der Waals surface area contributed by atoms with Crippen LogP contribution in [-0.4, -0.2) is 57.3 Å². The van der Waals surface area contributed by atoms with Crippen LogP contribution in [0, 0.1) is 5.92 Å². The van der Waals surface area contributed by atoms with Gasteiger partial charge in [-0.05, 0) is 63.6 Å². The second kappa shape index (κ2) is 13.2. The average molecular weight is 530 g/mol. The number of halogens is 1. The molecule has 3 rings (SSSR count). The molecule has 1 saturated carbocycles. The summed E-state index contributed by atoms with van der Waals surface area (Å²) in [6.07, 6.45) is 7.56. The monoisotopic (exact) mass is 530 g/mol. The smallest absolute Gasteiger partial charge is 0.191 e. The fraction of sp³-hybridized carbons (Fsp3) is 0.696. The highest BCUT2D eigenvalue weighted by Gasteiger charge is 2.22. The van der Waals surface area contributed by atoms with Crippen LogP contribution in [0.5, 0.6) is 11.5 Å². The molecule has 0 radical (unpaired) electrons. The molecule has 0 spiro atoms. The summed E-state index contributed by atoms with van der Waals surface area (Å²) in [4.78, 5) is 6.96. The van der Waals surface area contributed by atoms with Crippen molar-refractivity contribution in [3.05, 3.63) is 23.8 Å². The molecule has 2 N–H and O–H groups in total. The highest BCUT2D eigenvalue weighted by Crippen LogP contribution is 2.34. The molecular formula is C23H39IN4O2. The van der Waals surface area contributed by atoms with Gasteiger partial charge in [0.15, 0.2) is 17.5 Å². The number of para-hydroxylation sites is 1. The zero-order valence-corrected chi connectivity index (χ0v) is 21.1. The molecular weight excluding hydrogens is 491 g/mol. The summed E-state index contributed by atoms with van der Waals surface area (Å²) in [6.45, 7) is 7.49. The topological polar surface area (TPSA) is 58.1 Å². The fourth-order valence-electron chi connectivity index (χ4n) is 4.41. The number of aliphatic imine (C=N–C) groups is 1. The van der Waals surface area contributed by atoms with Gasteiger partial charge in [-0.25, -0.2) is 0 Å². The summed E-state index contributed by atoms with van der Waals surface area (Å²) in [7, 11) is 3.53. The summed E-state index contributed by atoms with van der Waals surface area (Å²) in [5.74, 6) is 3.21. The van der Waals surface area contributed by atoms with E-state index in [1.165, 1.54) is 45.3 Å². The second-order valence-corrected chi connectivity index (χ2v) is 8.23. The molecule has 1 aliphatic heterocycles. The van der Waals surface area contributed by atoms with Crippen LogP contribution in [0.4, 0.5) is 0 Å². The molecule has 2 aliphatic rings. The standard InChI is InChI=1S/C23H38N4O2.HI/c1-4-13-27-14-12-18(17-27)15-25-23(24-2)26-16-19-8-7-11-21(28-3)22(19)29-20-9-5-6-10-20;/h7-8,11,18,20H,4-6,9-10,12-17H2,1-3H3,(H2,24,25,26);1H. The molecule has 1 aromatic carbocycles. The lowest BCUT2D eigenvalue weighted by molar-refractivity contribution is 0.198. The molecule has 0 bridgehead atoms. The van der Waals surface area contributed by atoms with E-state index >= 15 is 0 Å². The van der Waals surface area contributed by atoms with E-state index in [1.54, 1.807) is 7.11 Å². The second-order valence-electron chi connectivity index (χ2n) is 8.23. The SMILES string of the molecule is CCCN1CCC(CNC(=NC)NCc2cccc(OC)c2OC2CCCC2)C1.I. The molecule has 0 aromatic heterocycles. The van der Waals surface area contributed by atoms with Crippen molar-refractivity contribution < 1.29 is 9.47 Å². The number of likely N-dealkylation sites (tertiary alicyclic amines) is 1. The zero-order valence-electron chi connectivity index (χ0n) is 18.8. The Morgan fingerprint density at radius 3 is 2.70 bits per heavy atom. The van der Waals surface area contributed by atoms with Crippen molar-refractivity contribution in [2.24, 2.45) is 10.9 Å². The van der Waals surface area contributed by atoms with Crippen molar-refractivity contribution >= 4 is 29.9 Å². The minimum Gasteiger partial charge on any atom is -0.493 e. The molecule has 1 unspecified atom stereocenters. The largest absolute Gasteiger partial charge is 0.493 e. The van der Waals surface area contributed by atoms with E-state index in [9.17, 15) is 0 Å². The highest BCUT2D eigenvalue weighted by molar-refractivity contribution is 14.0. The third-order valence-electron chi connectivity index (χ3n) is 6.00. The number of methoxy groups -OCH3 is 1. The van der Waals surface area contributed by atoms with E-state index in [0.717, 1.165) is 42.4 Å². The Bertz CT molecular complexity index is 665. The first kappa shape index (κ1) is 25.0. The molecule has 7 heteroatoms. The van der Waals surface area contributed by atoms with Crippen molar-refractivity contribution in [2.45, 2.75) is 58.1 Å². The summed E-state index contributed by atoms with van der Waals surface area (Å²) in [6, 6.07) is 6.10. The van der Waals surface area contributed by atoms with Crippen LogP contribution in [0.15, 0.2) is 23.2 Å². The lowest BCUT2D eigenvalue weighted by atomic mass is 10.1. The molecule has 1 aromatic rings. The van der Waals surface area contributed by atoms with Gasteiger partial charge < -0.3 is 25.0 Å². The van der Waals surface area contributed by atoms with E-state index in [4.69, 9.17) is 9.47 Å². The summed E-state index contributed by atoms with van der Waals surface area (Å²) in [5.41, 5.74) is 1.11. The van der Waals surface area contributed by atoms with Gasteiger partial charge in [-0.3, -0.25) is 4.99 Å².